The van der Waals surface area contributed by atoms with Crippen molar-refractivity contribution in [1.29, 1.82) is 0 Å². The molecule has 0 heterocycles. The maximum atomic E-state index is 12.6. The van der Waals surface area contributed by atoms with E-state index in [4.69, 9.17) is 5.73 Å². The molecule has 0 aliphatic rings. The third-order valence-corrected chi connectivity index (χ3v) is 3.23. The number of hydrogen-bond donors (Lipinski definition) is 2. The van der Waals surface area contributed by atoms with E-state index in [1.807, 2.05) is 4.90 Å². The van der Waals surface area contributed by atoms with Crippen molar-refractivity contribution in [3.05, 3.63) is 29.8 Å². The summed E-state index contributed by atoms with van der Waals surface area (Å²) in [7, 11) is 0. The Morgan fingerprint density at radius 3 is 2.29 bits per heavy atom. The predicted molar refractivity (Wildman–Crippen MR) is 85.4 cm³/mol. The summed E-state index contributed by atoms with van der Waals surface area (Å²) in [4.78, 5) is 25.3. The average molecular weight is 291 g/mol. The number of nitrogens with one attached hydrogen (secondary N) is 1. The van der Waals surface area contributed by atoms with Crippen molar-refractivity contribution < 1.29 is 9.59 Å². The van der Waals surface area contributed by atoms with Crippen molar-refractivity contribution in [2.75, 3.05) is 18.4 Å². The smallest absolute Gasteiger partial charge is 0.316 e. The van der Waals surface area contributed by atoms with Crippen LogP contribution in [0.1, 0.15) is 49.9 Å². The Hall–Kier alpha value is -2.04. The van der Waals surface area contributed by atoms with Crippen LogP contribution in [0.5, 0.6) is 0 Å². The highest BCUT2D eigenvalue weighted by atomic mass is 16.2. The summed E-state index contributed by atoms with van der Waals surface area (Å²) in [5.41, 5.74) is 6.21. The van der Waals surface area contributed by atoms with Gasteiger partial charge < -0.3 is 16.0 Å². The normalized spacial score (nSPS) is 10.2. The van der Waals surface area contributed by atoms with Crippen LogP contribution in [0, 0.1) is 0 Å². The maximum absolute atomic E-state index is 12.6. The van der Waals surface area contributed by atoms with E-state index in [2.05, 4.69) is 19.2 Å². The van der Waals surface area contributed by atoms with Crippen molar-refractivity contribution in [3.63, 3.8) is 0 Å². The molecule has 0 aliphatic heterocycles. The molecular weight excluding hydrogens is 266 g/mol. The molecular formula is C16H25N3O2. The van der Waals surface area contributed by atoms with Gasteiger partial charge in [-0.15, -0.1) is 0 Å². The summed E-state index contributed by atoms with van der Waals surface area (Å²) in [5.74, 6) is 0.00465. The van der Waals surface area contributed by atoms with Gasteiger partial charge in [0, 0.05) is 24.3 Å². The van der Waals surface area contributed by atoms with Gasteiger partial charge in [-0.05, 0) is 31.0 Å². The molecule has 0 saturated carbocycles. The van der Waals surface area contributed by atoms with E-state index in [-0.39, 0.29) is 5.91 Å². The molecule has 0 atom stereocenters. The topological polar surface area (TPSA) is 75.4 Å². The second kappa shape index (κ2) is 9.00. The molecule has 0 radical (unpaired) electrons. The maximum Gasteiger partial charge on any atom is 0.316 e. The van der Waals surface area contributed by atoms with Crippen molar-refractivity contribution in [1.82, 2.24) is 4.90 Å². The van der Waals surface area contributed by atoms with Crippen LogP contribution >= 0.6 is 0 Å². The van der Waals surface area contributed by atoms with E-state index in [1.54, 1.807) is 24.3 Å². The molecule has 3 N–H and O–H groups in total. The van der Waals surface area contributed by atoms with Gasteiger partial charge in [-0.25, -0.2) is 4.79 Å². The Bertz CT molecular complexity index is 466. The Kier molecular flexibility index (Phi) is 7.29. The first-order valence-electron chi connectivity index (χ1n) is 7.54. The first kappa shape index (κ1) is 17.0. The van der Waals surface area contributed by atoms with Gasteiger partial charge in [0.25, 0.3) is 5.91 Å². The van der Waals surface area contributed by atoms with E-state index < -0.39 is 6.03 Å². The average Bonchev–Trinajstić information content (AvgIpc) is 2.46. The zero-order chi connectivity index (χ0) is 15.7. The zero-order valence-corrected chi connectivity index (χ0v) is 12.9. The third-order valence-electron chi connectivity index (χ3n) is 3.23. The summed E-state index contributed by atoms with van der Waals surface area (Å²) in [6, 6.07) is 6.26. The second-order valence-corrected chi connectivity index (χ2v) is 5.07. The fourth-order valence-corrected chi connectivity index (χ4v) is 2.07. The molecule has 1 aromatic rings. The predicted octanol–water partition coefficient (Wildman–Crippen LogP) is 3.22. The van der Waals surface area contributed by atoms with E-state index in [1.165, 1.54) is 0 Å². The SMILES string of the molecule is CCCCN(CCCC)C(=O)c1cccc(NC(N)=O)c1. The fraction of sp³-hybridized carbons (Fsp3) is 0.500. The number of unbranched alkanes of at least 4 members (excludes halogenated alkanes) is 2. The quantitative estimate of drug-likeness (QED) is 0.771. The van der Waals surface area contributed by atoms with E-state index >= 15 is 0 Å². The van der Waals surface area contributed by atoms with Crippen molar-refractivity contribution in [2.45, 2.75) is 39.5 Å². The number of carbonyl (C=O) groups excluding carboxylic acids is 2. The first-order chi connectivity index (χ1) is 10.1. The van der Waals surface area contributed by atoms with Crippen LogP contribution in [-0.2, 0) is 0 Å². The summed E-state index contributed by atoms with van der Waals surface area (Å²) in [6.45, 7) is 5.76. The minimum Gasteiger partial charge on any atom is -0.351 e. The Labute approximate surface area is 126 Å². The molecule has 0 saturated heterocycles. The number of rotatable bonds is 8. The summed E-state index contributed by atoms with van der Waals surface area (Å²) >= 11 is 0. The standard InChI is InChI=1S/C16H25N3O2/c1-3-5-10-19(11-6-4-2)15(20)13-8-7-9-14(12-13)18-16(17)21/h7-9,12H,3-6,10-11H2,1-2H3,(H3,17,18,21). The lowest BCUT2D eigenvalue weighted by Gasteiger charge is -2.22. The van der Waals surface area contributed by atoms with Crippen LogP contribution in [-0.4, -0.2) is 29.9 Å². The molecule has 116 valence electrons. The molecule has 3 amide bonds. The van der Waals surface area contributed by atoms with Crippen LogP contribution in [0.2, 0.25) is 0 Å². The highest BCUT2D eigenvalue weighted by molar-refractivity contribution is 5.96. The van der Waals surface area contributed by atoms with Crippen LogP contribution in [0.15, 0.2) is 24.3 Å². The van der Waals surface area contributed by atoms with Crippen molar-refractivity contribution in [2.24, 2.45) is 5.73 Å². The van der Waals surface area contributed by atoms with Crippen LogP contribution in [0.25, 0.3) is 0 Å². The monoisotopic (exact) mass is 291 g/mol. The molecule has 0 fully saturated rings. The number of urea groups is 1. The van der Waals surface area contributed by atoms with Gasteiger partial charge in [0.15, 0.2) is 0 Å². The minimum absolute atomic E-state index is 0.00465. The number of amides is 3. The fourth-order valence-electron chi connectivity index (χ4n) is 2.07. The largest absolute Gasteiger partial charge is 0.351 e. The molecule has 0 aliphatic carbocycles. The summed E-state index contributed by atoms with van der Waals surface area (Å²) < 4.78 is 0. The van der Waals surface area contributed by atoms with Gasteiger partial charge in [0.2, 0.25) is 0 Å². The molecule has 21 heavy (non-hydrogen) atoms. The van der Waals surface area contributed by atoms with Gasteiger partial charge in [-0.3, -0.25) is 4.79 Å². The summed E-state index contributed by atoms with van der Waals surface area (Å²) in [6.07, 6.45) is 4.10. The summed E-state index contributed by atoms with van der Waals surface area (Å²) in [5, 5.41) is 2.49. The molecule has 0 unspecified atom stereocenters. The number of nitrogens with two attached hydrogens (primary N) is 1. The number of hydrogen-bond acceptors (Lipinski definition) is 2. The van der Waals surface area contributed by atoms with Gasteiger partial charge in [-0.1, -0.05) is 32.8 Å². The molecule has 5 heteroatoms. The number of anilines is 1. The zero-order valence-electron chi connectivity index (χ0n) is 12.9. The van der Waals surface area contributed by atoms with Gasteiger partial charge >= 0.3 is 6.03 Å². The van der Waals surface area contributed by atoms with Gasteiger partial charge in [0.05, 0.1) is 0 Å². The lowest BCUT2D eigenvalue weighted by molar-refractivity contribution is 0.0751. The molecule has 1 aromatic carbocycles. The molecule has 5 nitrogen and oxygen atoms in total. The molecule has 1 rings (SSSR count). The molecule has 0 bridgehead atoms. The van der Waals surface area contributed by atoms with E-state index in [0.29, 0.717) is 11.3 Å². The van der Waals surface area contributed by atoms with Crippen molar-refractivity contribution >= 4 is 17.6 Å². The first-order valence-corrected chi connectivity index (χ1v) is 7.54. The highest BCUT2D eigenvalue weighted by Gasteiger charge is 2.15. The third kappa shape index (κ3) is 5.85. The number of carbonyl (C=O) groups is 2. The Balaban J connectivity index is 2.83. The van der Waals surface area contributed by atoms with Crippen LogP contribution < -0.4 is 11.1 Å². The van der Waals surface area contributed by atoms with E-state index in [9.17, 15) is 9.59 Å². The Morgan fingerprint density at radius 2 is 1.76 bits per heavy atom. The van der Waals surface area contributed by atoms with E-state index in [0.717, 1.165) is 38.8 Å². The second-order valence-electron chi connectivity index (χ2n) is 5.07. The van der Waals surface area contributed by atoms with Crippen LogP contribution in [0.4, 0.5) is 10.5 Å². The molecule has 0 spiro atoms. The lowest BCUT2D eigenvalue weighted by atomic mass is 10.1. The van der Waals surface area contributed by atoms with Gasteiger partial charge in [0.1, 0.15) is 0 Å². The van der Waals surface area contributed by atoms with Gasteiger partial charge in [-0.2, -0.15) is 0 Å². The van der Waals surface area contributed by atoms with Crippen LogP contribution in [0.3, 0.4) is 0 Å². The number of primary amides is 1. The molecule has 0 aromatic heterocycles. The van der Waals surface area contributed by atoms with Crippen molar-refractivity contribution in [3.8, 4) is 0 Å². The number of benzene rings is 1. The Morgan fingerprint density at radius 1 is 1.14 bits per heavy atom. The highest BCUT2D eigenvalue weighted by Crippen LogP contribution is 2.14. The lowest BCUT2D eigenvalue weighted by Crippen LogP contribution is -2.33. The number of nitrogens with zero attached hydrogens (tertiary/aromatic N) is 1. The minimum atomic E-state index is -0.631.